The highest BCUT2D eigenvalue weighted by molar-refractivity contribution is 14.1. The van der Waals surface area contributed by atoms with E-state index < -0.39 is 0 Å². The topological polar surface area (TPSA) is 9.23 Å². The van der Waals surface area contributed by atoms with Crippen molar-refractivity contribution in [2.45, 2.75) is 26.4 Å². The quantitative estimate of drug-likeness (QED) is 0.768. The van der Waals surface area contributed by atoms with E-state index in [0.717, 1.165) is 12.2 Å². The molecule has 0 aliphatic heterocycles. The zero-order valence-electron chi connectivity index (χ0n) is 7.38. The molecule has 0 bridgehead atoms. The van der Waals surface area contributed by atoms with Crippen molar-refractivity contribution >= 4 is 22.6 Å². The third-order valence-corrected chi connectivity index (χ3v) is 2.63. The molecule has 1 nitrogen and oxygen atoms in total. The van der Waals surface area contributed by atoms with Gasteiger partial charge in [-0.2, -0.15) is 0 Å². The van der Waals surface area contributed by atoms with Crippen LogP contribution in [0.3, 0.4) is 0 Å². The van der Waals surface area contributed by atoms with Gasteiger partial charge in [0.1, 0.15) is 5.75 Å². The van der Waals surface area contributed by atoms with E-state index in [4.69, 9.17) is 4.74 Å². The number of para-hydroxylation sites is 1. The fourth-order valence-electron chi connectivity index (χ4n) is 0.840. The van der Waals surface area contributed by atoms with Gasteiger partial charge in [-0.1, -0.05) is 19.1 Å². The molecule has 0 saturated heterocycles. The molecule has 1 aromatic rings. The molecular formula is C10H13IO. The maximum atomic E-state index is 5.69. The van der Waals surface area contributed by atoms with Gasteiger partial charge in [-0.25, -0.2) is 0 Å². The molecule has 0 amide bonds. The Bertz CT molecular complexity index is 247. The maximum absolute atomic E-state index is 5.69. The maximum Gasteiger partial charge on any atom is 0.133 e. The van der Waals surface area contributed by atoms with Crippen molar-refractivity contribution in [3.8, 4) is 5.75 Å². The number of hydrogen-bond donors (Lipinski definition) is 0. The van der Waals surface area contributed by atoms with Gasteiger partial charge >= 0.3 is 0 Å². The van der Waals surface area contributed by atoms with E-state index in [-0.39, 0.29) is 0 Å². The van der Waals surface area contributed by atoms with Crippen LogP contribution in [0, 0.1) is 3.57 Å². The van der Waals surface area contributed by atoms with Crippen molar-refractivity contribution < 1.29 is 4.74 Å². The number of rotatable bonds is 3. The Morgan fingerprint density at radius 2 is 2.08 bits per heavy atom. The monoisotopic (exact) mass is 276 g/mol. The predicted molar refractivity (Wildman–Crippen MR) is 59.5 cm³/mol. The van der Waals surface area contributed by atoms with Crippen LogP contribution in [-0.4, -0.2) is 6.10 Å². The highest BCUT2D eigenvalue weighted by atomic mass is 127. The van der Waals surface area contributed by atoms with Gasteiger partial charge in [0, 0.05) is 0 Å². The molecule has 1 aromatic carbocycles. The summed E-state index contributed by atoms with van der Waals surface area (Å²) in [5.74, 6) is 0.993. The van der Waals surface area contributed by atoms with Crippen LogP contribution >= 0.6 is 22.6 Å². The first-order valence-electron chi connectivity index (χ1n) is 4.15. The van der Waals surface area contributed by atoms with E-state index in [1.165, 1.54) is 3.57 Å². The third-order valence-electron chi connectivity index (χ3n) is 1.74. The molecule has 0 aliphatic rings. The van der Waals surface area contributed by atoms with Crippen molar-refractivity contribution in [3.05, 3.63) is 27.8 Å². The number of benzene rings is 1. The summed E-state index contributed by atoms with van der Waals surface area (Å²) in [7, 11) is 0. The highest BCUT2D eigenvalue weighted by Gasteiger charge is 2.02. The minimum atomic E-state index is 0.306. The van der Waals surface area contributed by atoms with E-state index in [1.807, 2.05) is 18.2 Å². The Morgan fingerprint density at radius 1 is 1.42 bits per heavy atom. The Hall–Kier alpha value is -0.250. The summed E-state index contributed by atoms with van der Waals surface area (Å²) >= 11 is 2.29. The summed E-state index contributed by atoms with van der Waals surface area (Å²) < 4.78 is 6.86. The van der Waals surface area contributed by atoms with Crippen molar-refractivity contribution in [1.29, 1.82) is 0 Å². The van der Waals surface area contributed by atoms with E-state index >= 15 is 0 Å². The summed E-state index contributed by atoms with van der Waals surface area (Å²) in [6.45, 7) is 4.21. The summed E-state index contributed by atoms with van der Waals surface area (Å²) in [5.41, 5.74) is 0. The van der Waals surface area contributed by atoms with Crippen molar-refractivity contribution in [2.75, 3.05) is 0 Å². The molecule has 1 unspecified atom stereocenters. The summed E-state index contributed by atoms with van der Waals surface area (Å²) in [6, 6.07) is 8.08. The lowest BCUT2D eigenvalue weighted by Gasteiger charge is -2.13. The second-order valence-corrected chi connectivity index (χ2v) is 3.93. The Morgan fingerprint density at radius 3 is 2.67 bits per heavy atom. The molecule has 12 heavy (non-hydrogen) atoms. The second-order valence-electron chi connectivity index (χ2n) is 2.77. The van der Waals surface area contributed by atoms with Gasteiger partial charge in [0.25, 0.3) is 0 Å². The zero-order chi connectivity index (χ0) is 8.97. The molecule has 0 aromatic heterocycles. The molecular weight excluding hydrogens is 263 g/mol. The molecule has 0 radical (unpaired) electrons. The van der Waals surface area contributed by atoms with Gasteiger partial charge in [-0.15, -0.1) is 0 Å². The first-order valence-corrected chi connectivity index (χ1v) is 5.23. The van der Waals surface area contributed by atoms with Crippen molar-refractivity contribution in [1.82, 2.24) is 0 Å². The Balaban J connectivity index is 2.69. The van der Waals surface area contributed by atoms with E-state index in [2.05, 4.69) is 42.5 Å². The molecule has 0 aliphatic carbocycles. The van der Waals surface area contributed by atoms with Gasteiger partial charge in [0.15, 0.2) is 0 Å². The summed E-state index contributed by atoms with van der Waals surface area (Å²) in [4.78, 5) is 0. The van der Waals surface area contributed by atoms with Crippen LogP contribution in [-0.2, 0) is 0 Å². The van der Waals surface area contributed by atoms with E-state index in [1.54, 1.807) is 0 Å². The average Bonchev–Trinajstić information content (AvgIpc) is 2.09. The largest absolute Gasteiger partial charge is 0.490 e. The van der Waals surface area contributed by atoms with Crippen LogP contribution in [0.15, 0.2) is 24.3 Å². The number of hydrogen-bond acceptors (Lipinski definition) is 1. The molecule has 1 rings (SSSR count). The zero-order valence-corrected chi connectivity index (χ0v) is 9.54. The molecule has 0 spiro atoms. The minimum Gasteiger partial charge on any atom is -0.490 e. The lowest BCUT2D eigenvalue weighted by Crippen LogP contribution is -2.10. The SMILES string of the molecule is CCC(C)Oc1ccccc1I. The van der Waals surface area contributed by atoms with E-state index in [0.29, 0.717) is 6.10 Å². The van der Waals surface area contributed by atoms with Gasteiger partial charge in [-0.3, -0.25) is 0 Å². The van der Waals surface area contributed by atoms with Crippen LogP contribution in [0.1, 0.15) is 20.3 Å². The normalized spacial score (nSPS) is 12.6. The van der Waals surface area contributed by atoms with Crippen LogP contribution in [0.2, 0.25) is 0 Å². The number of halogens is 1. The lowest BCUT2D eigenvalue weighted by molar-refractivity contribution is 0.216. The third kappa shape index (κ3) is 2.66. The van der Waals surface area contributed by atoms with Gasteiger partial charge in [-0.05, 0) is 48.1 Å². The first kappa shape index (κ1) is 9.84. The predicted octanol–water partition coefficient (Wildman–Crippen LogP) is 3.47. The molecule has 0 N–H and O–H groups in total. The Labute approximate surface area is 87.3 Å². The molecule has 0 heterocycles. The Kier molecular flexibility index (Phi) is 3.85. The molecule has 2 heteroatoms. The first-order chi connectivity index (χ1) is 5.74. The van der Waals surface area contributed by atoms with E-state index in [9.17, 15) is 0 Å². The van der Waals surface area contributed by atoms with Crippen LogP contribution in [0.5, 0.6) is 5.75 Å². The fourth-order valence-corrected chi connectivity index (χ4v) is 1.35. The minimum absolute atomic E-state index is 0.306. The highest BCUT2D eigenvalue weighted by Crippen LogP contribution is 2.21. The van der Waals surface area contributed by atoms with Gasteiger partial charge < -0.3 is 4.74 Å². The van der Waals surface area contributed by atoms with Crippen molar-refractivity contribution in [3.63, 3.8) is 0 Å². The molecule has 0 fully saturated rings. The van der Waals surface area contributed by atoms with Crippen LogP contribution in [0.4, 0.5) is 0 Å². The summed E-state index contributed by atoms with van der Waals surface area (Å²) in [6.07, 6.45) is 1.35. The van der Waals surface area contributed by atoms with Crippen LogP contribution in [0.25, 0.3) is 0 Å². The fraction of sp³-hybridized carbons (Fsp3) is 0.400. The number of ether oxygens (including phenoxy) is 1. The summed E-state index contributed by atoms with van der Waals surface area (Å²) in [5, 5.41) is 0. The molecule has 0 saturated carbocycles. The van der Waals surface area contributed by atoms with Gasteiger partial charge in [0.05, 0.1) is 9.67 Å². The van der Waals surface area contributed by atoms with Crippen molar-refractivity contribution in [2.24, 2.45) is 0 Å². The van der Waals surface area contributed by atoms with Crippen LogP contribution < -0.4 is 4.74 Å². The average molecular weight is 276 g/mol. The second kappa shape index (κ2) is 4.70. The van der Waals surface area contributed by atoms with Gasteiger partial charge in [0.2, 0.25) is 0 Å². The molecule has 66 valence electrons. The smallest absolute Gasteiger partial charge is 0.133 e. The standard InChI is InChI=1S/C10H13IO/c1-3-8(2)12-10-7-5-4-6-9(10)11/h4-8H,3H2,1-2H3. The molecule has 1 atom stereocenters. The lowest BCUT2D eigenvalue weighted by atomic mass is 10.3.